The molecule has 0 aliphatic heterocycles. The van der Waals surface area contributed by atoms with Crippen LogP contribution in [0.25, 0.3) is 0 Å². The summed E-state index contributed by atoms with van der Waals surface area (Å²) in [5.74, 6) is 0.427. The molecule has 1 heterocycles. The molecule has 1 aromatic carbocycles. The van der Waals surface area contributed by atoms with E-state index in [2.05, 4.69) is 28.8 Å². The van der Waals surface area contributed by atoms with Crippen molar-refractivity contribution < 1.29 is 14.3 Å². The molecule has 0 fully saturated rings. The van der Waals surface area contributed by atoms with E-state index in [1.807, 2.05) is 0 Å². The number of benzene rings is 1. The second-order valence-corrected chi connectivity index (χ2v) is 6.24. The number of amides is 2. The molecule has 3 N–H and O–H groups in total. The highest BCUT2D eigenvalue weighted by Gasteiger charge is 2.26. The van der Waals surface area contributed by atoms with Crippen molar-refractivity contribution in [1.29, 1.82) is 0 Å². The van der Waals surface area contributed by atoms with Crippen molar-refractivity contribution >= 4 is 6.03 Å². The van der Waals surface area contributed by atoms with Crippen LogP contribution in [0.5, 0.6) is 0 Å². The Kier molecular flexibility index (Phi) is 4.39. The summed E-state index contributed by atoms with van der Waals surface area (Å²) in [7, 11) is 0. The molecule has 2 aromatic rings. The van der Waals surface area contributed by atoms with Gasteiger partial charge in [0.1, 0.15) is 11.4 Å². The van der Waals surface area contributed by atoms with Crippen LogP contribution in [-0.4, -0.2) is 17.7 Å². The zero-order valence-electron chi connectivity index (χ0n) is 13.3. The highest BCUT2D eigenvalue weighted by Crippen LogP contribution is 2.23. The second-order valence-electron chi connectivity index (χ2n) is 6.24. The minimum Gasteiger partial charge on any atom is -0.466 e. The molecule has 1 aliphatic carbocycles. The molecule has 1 unspecified atom stereocenters. The molecule has 5 nitrogen and oxygen atoms in total. The monoisotopic (exact) mass is 314 g/mol. The van der Waals surface area contributed by atoms with Gasteiger partial charge in [-0.25, -0.2) is 4.79 Å². The van der Waals surface area contributed by atoms with Crippen molar-refractivity contribution in [3.8, 4) is 0 Å². The zero-order valence-corrected chi connectivity index (χ0v) is 13.3. The molecule has 0 radical (unpaired) electrons. The van der Waals surface area contributed by atoms with Crippen molar-refractivity contribution in [3.05, 3.63) is 59.0 Å². The highest BCUT2D eigenvalue weighted by atomic mass is 16.4. The van der Waals surface area contributed by atoms with Crippen LogP contribution >= 0.6 is 0 Å². The molecule has 1 aromatic heterocycles. The summed E-state index contributed by atoms with van der Waals surface area (Å²) in [5.41, 5.74) is 2.69. The number of aliphatic hydroxyl groups is 1. The van der Waals surface area contributed by atoms with Crippen LogP contribution in [-0.2, 0) is 25.0 Å². The normalized spacial score (nSPS) is 15.7. The van der Waals surface area contributed by atoms with E-state index < -0.39 is 5.60 Å². The number of urea groups is 1. The van der Waals surface area contributed by atoms with E-state index in [4.69, 9.17) is 4.42 Å². The predicted octanol–water partition coefficient (Wildman–Crippen LogP) is 2.48. The average Bonchev–Trinajstić information content (AvgIpc) is 3.21. The Morgan fingerprint density at radius 3 is 2.87 bits per heavy atom. The number of aryl methyl sites for hydroxylation is 2. The molecular weight excluding hydrogens is 292 g/mol. The molecule has 5 heteroatoms. The van der Waals surface area contributed by atoms with Gasteiger partial charge < -0.3 is 20.2 Å². The topological polar surface area (TPSA) is 74.5 Å². The Balaban J connectivity index is 1.48. The average molecular weight is 314 g/mol. The van der Waals surface area contributed by atoms with E-state index >= 15 is 0 Å². The van der Waals surface area contributed by atoms with Gasteiger partial charge in [-0.1, -0.05) is 18.2 Å². The number of hydrogen-bond donors (Lipinski definition) is 3. The Bertz CT molecular complexity index is 678. The second kappa shape index (κ2) is 6.46. The molecule has 23 heavy (non-hydrogen) atoms. The van der Waals surface area contributed by atoms with Gasteiger partial charge >= 0.3 is 6.03 Å². The van der Waals surface area contributed by atoms with Gasteiger partial charge in [0, 0.05) is 6.54 Å². The fourth-order valence-corrected chi connectivity index (χ4v) is 2.90. The minimum absolute atomic E-state index is 0.0799. The maximum atomic E-state index is 11.9. The van der Waals surface area contributed by atoms with E-state index in [1.54, 1.807) is 19.1 Å². The van der Waals surface area contributed by atoms with E-state index in [0.29, 0.717) is 12.3 Å². The predicted molar refractivity (Wildman–Crippen MR) is 87.0 cm³/mol. The van der Waals surface area contributed by atoms with E-state index in [1.165, 1.54) is 23.8 Å². The number of hydrogen-bond acceptors (Lipinski definition) is 3. The first-order valence-electron chi connectivity index (χ1n) is 7.93. The minimum atomic E-state index is -1.23. The van der Waals surface area contributed by atoms with Gasteiger partial charge in [0.15, 0.2) is 0 Å². The van der Waals surface area contributed by atoms with Crippen molar-refractivity contribution in [1.82, 2.24) is 10.6 Å². The molecule has 122 valence electrons. The highest BCUT2D eigenvalue weighted by molar-refractivity contribution is 5.73. The van der Waals surface area contributed by atoms with E-state index in [9.17, 15) is 9.90 Å². The maximum Gasteiger partial charge on any atom is 0.315 e. The van der Waals surface area contributed by atoms with Gasteiger partial charge in [0.05, 0.1) is 12.8 Å². The van der Waals surface area contributed by atoms with Crippen molar-refractivity contribution in [2.24, 2.45) is 0 Å². The van der Waals surface area contributed by atoms with Crippen molar-refractivity contribution in [3.63, 3.8) is 0 Å². The molecule has 0 saturated carbocycles. The zero-order chi connectivity index (χ0) is 16.3. The lowest BCUT2D eigenvalue weighted by Gasteiger charge is -2.21. The van der Waals surface area contributed by atoms with Crippen molar-refractivity contribution in [2.45, 2.75) is 38.3 Å². The lowest BCUT2D eigenvalue weighted by Crippen LogP contribution is -2.43. The van der Waals surface area contributed by atoms with Gasteiger partial charge in [0.2, 0.25) is 0 Å². The number of fused-ring (bicyclic) bond motifs is 1. The fourth-order valence-electron chi connectivity index (χ4n) is 2.90. The van der Waals surface area contributed by atoms with Crippen LogP contribution in [0.15, 0.2) is 41.0 Å². The molecule has 0 bridgehead atoms. The van der Waals surface area contributed by atoms with Crippen LogP contribution in [0, 0.1) is 0 Å². The molecule has 0 saturated heterocycles. The van der Waals surface area contributed by atoms with Gasteiger partial charge in [0.25, 0.3) is 0 Å². The van der Waals surface area contributed by atoms with E-state index in [0.717, 1.165) is 18.4 Å². The maximum absolute atomic E-state index is 11.9. The first-order chi connectivity index (χ1) is 11.0. The molecule has 1 aliphatic rings. The SMILES string of the molecule is CC(O)(CNC(=O)NCc1ccc2c(c1)CCC2)c1ccco1. The lowest BCUT2D eigenvalue weighted by atomic mass is 10.0. The van der Waals surface area contributed by atoms with Gasteiger partial charge in [-0.05, 0) is 55.0 Å². The van der Waals surface area contributed by atoms with Crippen molar-refractivity contribution in [2.75, 3.05) is 6.54 Å². The first-order valence-corrected chi connectivity index (χ1v) is 7.93. The summed E-state index contributed by atoms with van der Waals surface area (Å²) in [4.78, 5) is 11.9. The van der Waals surface area contributed by atoms with Gasteiger partial charge in [-0.3, -0.25) is 0 Å². The number of nitrogens with one attached hydrogen (secondary N) is 2. The van der Waals surface area contributed by atoms with E-state index in [-0.39, 0.29) is 12.6 Å². The number of carbonyl (C=O) groups is 1. The molecule has 0 spiro atoms. The third-order valence-corrected chi connectivity index (χ3v) is 4.26. The molecule has 1 atom stereocenters. The summed E-state index contributed by atoms with van der Waals surface area (Å²) >= 11 is 0. The van der Waals surface area contributed by atoms with Crippen LogP contribution in [0.1, 0.15) is 35.8 Å². The fraction of sp³-hybridized carbons (Fsp3) is 0.389. The summed E-state index contributed by atoms with van der Waals surface area (Å²) in [5, 5.41) is 15.8. The standard InChI is InChI=1S/C18H22N2O3/c1-18(22,16-6-3-9-23-16)12-20-17(21)19-11-13-7-8-14-4-2-5-15(14)10-13/h3,6-10,22H,2,4-5,11-12H2,1H3,(H2,19,20,21). The first kappa shape index (κ1) is 15.6. The molecule has 3 rings (SSSR count). The van der Waals surface area contributed by atoms with Crippen LogP contribution in [0.2, 0.25) is 0 Å². The van der Waals surface area contributed by atoms with Gasteiger partial charge in [-0.15, -0.1) is 0 Å². The molecular formula is C18H22N2O3. The summed E-state index contributed by atoms with van der Waals surface area (Å²) in [6.07, 6.45) is 5.00. The lowest BCUT2D eigenvalue weighted by molar-refractivity contribution is 0.0367. The summed E-state index contributed by atoms with van der Waals surface area (Å²) < 4.78 is 5.18. The van der Waals surface area contributed by atoms with Crippen LogP contribution in [0.3, 0.4) is 0 Å². The number of rotatable bonds is 5. The van der Waals surface area contributed by atoms with Crippen LogP contribution < -0.4 is 10.6 Å². The summed E-state index contributed by atoms with van der Waals surface area (Å²) in [6.45, 7) is 2.16. The Labute approximate surface area is 135 Å². The van der Waals surface area contributed by atoms with Gasteiger partial charge in [-0.2, -0.15) is 0 Å². The Morgan fingerprint density at radius 2 is 2.09 bits per heavy atom. The number of furan rings is 1. The van der Waals surface area contributed by atoms with Crippen LogP contribution in [0.4, 0.5) is 4.79 Å². The Hall–Kier alpha value is -2.27. The summed E-state index contributed by atoms with van der Waals surface area (Å²) in [6, 6.07) is 9.46. The third kappa shape index (κ3) is 3.74. The quantitative estimate of drug-likeness (QED) is 0.793. The third-order valence-electron chi connectivity index (χ3n) is 4.26. The smallest absolute Gasteiger partial charge is 0.315 e. The molecule has 2 amide bonds. The largest absolute Gasteiger partial charge is 0.466 e. The Morgan fingerprint density at radius 1 is 1.26 bits per heavy atom. The number of carbonyl (C=O) groups excluding carboxylic acids is 1.